The van der Waals surface area contributed by atoms with E-state index in [0.29, 0.717) is 17.9 Å². The molecule has 0 heterocycles. The number of ether oxygens (including phenoxy) is 1. The highest BCUT2D eigenvalue weighted by Gasteiger charge is 2.11. The van der Waals surface area contributed by atoms with Crippen molar-refractivity contribution in [3.63, 3.8) is 0 Å². The third-order valence-electron chi connectivity index (χ3n) is 3.08. The van der Waals surface area contributed by atoms with Gasteiger partial charge in [0.25, 0.3) is 0 Å². The molecule has 0 fully saturated rings. The molecule has 0 saturated heterocycles. The van der Waals surface area contributed by atoms with Crippen LogP contribution in [0.5, 0.6) is 5.75 Å². The maximum absolute atomic E-state index is 13.4. The number of benzene rings is 2. The molecule has 0 bridgehead atoms. The molecule has 2 aromatic carbocycles. The average molecular weight is 343 g/mol. The van der Waals surface area contributed by atoms with Crippen molar-refractivity contribution in [2.75, 3.05) is 11.9 Å². The molecule has 2 amide bonds. The third kappa shape index (κ3) is 5.72. The van der Waals surface area contributed by atoms with Crippen LogP contribution in [0.25, 0.3) is 0 Å². The molecule has 2 aromatic rings. The largest absolute Gasteiger partial charge is 0.493 e. The third-order valence-corrected chi connectivity index (χ3v) is 3.08. The van der Waals surface area contributed by atoms with E-state index >= 15 is 0 Å². The van der Waals surface area contributed by atoms with Gasteiger partial charge in [-0.2, -0.15) is 5.10 Å². The second-order valence-corrected chi connectivity index (χ2v) is 4.97. The maximum Gasteiger partial charge on any atom is 0.249 e. The predicted octanol–water partition coefficient (Wildman–Crippen LogP) is 2.70. The number of hydrazone groups is 1. The van der Waals surface area contributed by atoms with Gasteiger partial charge >= 0.3 is 0 Å². The van der Waals surface area contributed by atoms with Crippen molar-refractivity contribution in [2.45, 2.75) is 13.3 Å². The first-order valence-corrected chi connectivity index (χ1v) is 7.68. The van der Waals surface area contributed by atoms with Gasteiger partial charge in [-0.3, -0.25) is 9.59 Å². The molecule has 0 aliphatic heterocycles. The Morgan fingerprint density at radius 3 is 2.60 bits per heavy atom. The van der Waals surface area contributed by atoms with E-state index in [0.717, 1.165) is 0 Å². The fraction of sp³-hybridized carbons (Fsp3) is 0.167. The summed E-state index contributed by atoms with van der Waals surface area (Å²) in [6, 6.07) is 12.9. The number of hydrogen-bond donors (Lipinski definition) is 2. The molecule has 0 aliphatic rings. The first-order chi connectivity index (χ1) is 12.1. The van der Waals surface area contributed by atoms with E-state index in [4.69, 9.17) is 4.74 Å². The molecule has 2 N–H and O–H groups in total. The summed E-state index contributed by atoms with van der Waals surface area (Å²) in [6.07, 6.45) is 0.955. The lowest BCUT2D eigenvalue weighted by molar-refractivity contribution is -0.126. The lowest BCUT2D eigenvalue weighted by Gasteiger charge is -2.06. The van der Waals surface area contributed by atoms with Crippen molar-refractivity contribution in [1.29, 1.82) is 0 Å². The monoisotopic (exact) mass is 343 g/mol. The topological polar surface area (TPSA) is 79.8 Å². The van der Waals surface area contributed by atoms with Crippen LogP contribution < -0.4 is 15.5 Å². The number of halogens is 1. The molecule has 0 atom stereocenters. The number of anilines is 1. The zero-order valence-corrected chi connectivity index (χ0v) is 13.7. The van der Waals surface area contributed by atoms with Crippen LogP contribution in [0.3, 0.4) is 0 Å². The number of carbonyl (C=O) groups is 2. The van der Waals surface area contributed by atoms with Crippen LogP contribution in [0.1, 0.15) is 18.9 Å². The number of rotatable bonds is 7. The SMILES string of the molecule is CCOc1ccccc1C=NNC(=O)CC(=O)Nc1ccccc1F. The van der Waals surface area contributed by atoms with Gasteiger partial charge in [-0.1, -0.05) is 24.3 Å². The summed E-state index contributed by atoms with van der Waals surface area (Å²) in [5, 5.41) is 6.13. The predicted molar refractivity (Wildman–Crippen MR) is 93.0 cm³/mol. The molecule has 7 heteroatoms. The zero-order valence-electron chi connectivity index (χ0n) is 13.7. The van der Waals surface area contributed by atoms with Gasteiger partial charge in [-0.25, -0.2) is 9.82 Å². The van der Waals surface area contributed by atoms with Crippen LogP contribution in [0.4, 0.5) is 10.1 Å². The van der Waals surface area contributed by atoms with E-state index in [1.54, 1.807) is 18.2 Å². The van der Waals surface area contributed by atoms with Gasteiger partial charge in [0.15, 0.2) is 0 Å². The molecular formula is C18H18FN3O3. The van der Waals surface area contributed by atoms with Crippen molar-refractivity contribution in [3.05, 3.63) is 59.9 Å². The molecule has 130 valence electrons. The van der Waals surface area contributed by atoms with E-state index < -0.39 is 24.1 Å². The van der Waals surface area contributed by atoms with E-state index in [-0.39, 0.29) is 5.69 Å². The van der Waals surface area contributed by atoms with Gasteiger partial charge < -0.3 is 10.1 Å². The van der Waals surface area contributed by atoms with E-state index in [9.17, 15) is 14.0 Å². The molecule has 0 spiro atoms. The Balaban J connectivity index is 1.86. The molecule has 2 rings (SSSR count). The smallest absolute Gasteiger partial charge is 0.249 e. The molecule has 0 unspecified atom stereocenters. The Morgan fingerprint density at radius 1 is 1.12 bits per heavy atom. The lowest BCUT2D eigenvalue weighted by Crippen LogP contribution is -2.25. The molecule has 0 aliphatic carbocycles. The molecule has 25 heavy (non-hydrogen) atoms. The van der Waals surface area contributed by atoms with Crippen LogP contribution in [0.2, 0.25) is 0 Å². The Kier molecular flexibility index (Phi) is 6.65. The highest BCUT2D eigenvalue weighted by atomic mass is 19.1. The highest BCUT2D eigenvalue weighted by Crippen LogP contribution is 2.15. The summed E-state index contributed by atoms with van der Waals surface area (Å²) in [7, 11) is 0. The molecule has 0 radical (unpaired) electrons. The highest BCUT2D eigenvalue weighted by molar-refractivity contribution is 6.03. The summed E-state index contributed by atoms with van der Waals surface area (Å²) in [5.41, 5.74) is 2.97. The first-order valence-electron chi connectivity index (χ1n) is 7.68. The number of nitrogens with zero attached hydrogens (tertiary/aromatic N) is 1. The van der Waals surface area contributed by atoms with Gasteiger partial charge in [0.05, 0.1) is 18.5 Å². The van der Waals surface area contributed by atoms with E-state index in [2.05, 4.69) is 15.8 Å². The van der Waals surface area contributed by atoms with Crippen molar-refractivity contribution >= 4 is 23.7 Å². The Labute approximate surface area is 144 Å². The maximum atomic E-state index is 13.4. The Morgan fingerprint density at radius 2 is 1.84 bits per heavy atom. The second kappa shape index (κ2) is 9.17. The Hall–Kier alpha value is -3.22. The summed E-state index contributed by atoms with van der Waals surface area (Å²) in [6.45, 7) is 2.37. The average Bonchev–Trinajstić information content (AvgIpc) is 2.58. The second-order valence-electron chi connectivity index (χ2n) is 4.97. The number of para-hydroxylation sites is 2. The van der Waals surface area contributed by atoms with Crippen LogP contribution in [-0.2, 0) is 9.59 Å². The summed E-state index contributed by atoms with van der Waals surface area (Å²) >= 11 is 0. The van der Waals surface area contributed by atoms with Crippen LogP contribution in [0, 0.1) is 5.82 Å². The summed E-state index contributed by atoms with van der Waals surface area (Å²) in [4.78, 5) is 23.5. The van der Waals surface area contributed by atoms with E-state index in [1.165, 1.54) is 24.4 Å². The van der Waals surface area contributed by atoms with Crippen molar-refractivity contribution in [1.82, 2.24) is 5.43 Å². The van der Waals surface area contributed by atoms with Gasteiger partial charge in [-0.15, -0.1) is 0 Å². The van der Waals surface area contributed by atoms with Crippen LogP contribution in [0.15, 0.2) is 53.6 Å². The minimum absolute atomic E-state index is 0.0226. The van der Waals surface area contributed by atoms with Gasteiger partial charge in [0.1, 0.15) is 18.0 Å². The van der Waals surface area contributed by atoms with Gasteiger partial charge in [0.2, 0.25) is 11.8 Å². The fourth-order valence-corrected chi connectivity index (χ4v) is 1.99. The molecular weight excluding hydrogens is 325 g/mol. The van der Waals surface area contributed by atoms with E-state index in [1.807, 2.05) is 19.1 Å². The number of amides is 2. The lowest BCUT2D eigenvalue weighted by atomic mass is 10.2. The standard InChI is InChI=1S/C18H18FN3O3/c1-2-25-16-10-6-3-7-13(16)12-20-22-18(24)11-17(23)21-15-9-5-4-8-14(15)19/h3-10,12H,2,11H2,1H3,(H,21,23)(H,22,24). The molecule has 6 nitrogen and oxygen atoms in total. The fourth-order valence-electron chi connectivity index (χ4n) is 1.99. The van der Waals surface area contributed by atoms with Crippen molar-refractivity contribution in [3.8, 4) is 5.75 Å². The number of carbonyl (C=O) groups excluding carboxylic acids is 2. The first kappa shape index (κ1) is 18.1. The normalized spacial score (nSPS) is 10.5. The zero-order chi connectivity index (χ0) is 18.1. The quantitative estimate of drug-likeness (QED) is 0.461. The van der Waals surface area contributed by atoms with Crippen LogP contribution >= 0.6 is 0 Å². The van der Waals surface area contributed by atoms with Crippen molar-refractivity contribution < 1.29 is 18.7 Å². The number of hydrogen-bond acceptors (Lipinski definition) is 4. The Bertz CT molecular complexity index is 778. The summed E-state index contributed by atoms with van der Waals surface area (Å²) in [5.74, 6) is -1.17. The molecule has 0 aromatic heterocycles. The van der Waals surface area contributed by atoms with Gasteiger partial charge in [-0.05, 0) is 31.2 Å². The summed E-state index contributed by atoms with van der Waals surface area (Å²) < 4.78 is 18.9. The van der Waals surface area contributed by atoms with Crippen molar-refractivity contribution in [2.24, 2.45) is 5.10 Å². The molecule has 0 saturated carbocycles. The minimum Gasteiger partial charge on any atom is -0.493 e. The van der Waals surface area contributed by atoms with Gasteiger partial charge in [0, 0.05) is 5.56 Å². The van der Waals surface area contributed by atoms with Crippen LogP contribution in [-0.4, -0.2) is 24.6 Å². The minimum atomic E-state index is -0.632. The number of nitrogens with one attached hydrogen (secondary N) is 2.